The molecule has 4 nitrogen and oxygen atoms in total. The van der Waals surface area contributed by atoms with Crippen molar-refractivity contribution < 1.29 is 19.0 Å². The highest BCUT2D eigenvalue weighted by atomic mass is 32.1. The Labute approximate surface area is 237 Å². The number of anilines is 1. The Hall–Kier alpha value is -3.12. The molecule has 1 heterocycles. The number of nitrogens with one attached hydrogen (secondary N) is 1. The van der Waals surface area contributed by atoms with Crippen LogP contribution in [0.4, 0.5) is 10.1 Å². The zero-order valence-electron chi connectivity index (χ0n) is 23.6. The van der Waals surface area contributed by atoms with Gasteiger partial charge in [-0.25, -0.2) is 4.39 Å². The van der Waals surface area contributed by atoms with E-state index < -0.39 is 0 Å². The van der Waals surface area contributed by atoms with Crippen molar-refractivity contribution in [2.75, 3.05) is 12.4 Å². The highest BCUT2D eigenvalue weighted by molar-refractivity contribution is 7.80. The third-order valence-electron chi connectivity index (χ3n) is 7.31. The minimum absolute atomic E-state index is 0.135. The number of benzene rings is 3. The van der Waals surface area contributed by atoms with Crippen molar-refractivity contribution in [3.8, 4) is 28.4 Å². The number of rotatable bonds is 5. The van der Waals surface area contributed by atoms with Crippen LogP contribution in [0.2, 0.25) is 0 Å². The lowest BCUT2D eigenvalue weighted by Crippen LogP contribution is -2.32. The topological polar surface area (TPSA) is 50.7 Å². The molecule has 3 aromatic carbocycles. The maximum atomic E-state index is 13.8. The third-order valence-corrected chi connectivity index (χ3v) is 7.83. The largest absolute Gasteiger partial charge is 0.508 e. The quantitative estimate of drug-likeness (QED) is 0.278. The highest BCUT2D eigenvalue weighted by Gasteiger charge is 2.27. The number of halogens is 1. The lowest BCUT2D eigenvalue weighted by atomic mass is 9.85. The first-order valence-electron chi connectivity index (χ1n) is 13.7. The van der Waals surface area contributed by atoms with Gasteiger partial charge in [0.15, 0.2) is 0 Å². The molecule has 0 bridgehead atoms. The van der Waals surface area contributed by atoms with E-state index in [1.54, 1.807) is 25.3 Å². The van der Waals surface area contributed by atoms with E-state index >= 15 is 0 Å². The van der Waals surface area contributed by atoms with Crippen molar-refractivity contribution in [3.05, 3.63) is 77.1 Å². The SMILES string of the molecule is COc1cc(O)ccc1-c1ccc2c(c1COc1cc(F)ccc1C)C(C)=CC(C)(C)N2.SC1CCCCC1. The smallest absolute Gasteiger partial charge is 0.130 e. The van der Waals surface area contributed by atoms with Crippen molar-refractivity contribution in [3.63, 3.8) is 0 Å². The summed E-state index contributed by atoms with van der Waals surface area (Å²) in [5, 5.41) is 14.2. The predicted molar refractivity (Wildman–Crippen MR) is 163 cm³/mol. The average Bonchev–Trinajstić information content (AvgIpc) is 2.89. The van der Waals surface area contributed by atoms with Gasteiger partial charge < -0.3 is 19.9 Å². The number of aromatic hydroxyl groups is 1. The number of fused-ring (bicyclic) bond motifs is 1. The molecule has 1 saturated carbocycles. The second kappa shape index (κ2) is 12.4. The van der Waals surface area contributed by atoms with Crippen molar-refractivity contribution in [1.29, 1.82) is 0 Å². The molecule has 6 heteroatoms. The number of hydrogen-bond acceptors (Lipinski definition) is 5. The number of methoxy groups -OCH3 is 1. The average molecular weight is 550 g/mol. The van der Waals surface area contributed by atoms with Gasteiger partial charge in [-0.2, -0.15) is 12.6 Å². The molecule has 208 valence electrons. The Morgan fingerprint density at radius 1 is 0.974 bits per heavy atom. The van der Waals surface area contributed by atoms with Gasteiger partial charge >= 0.3 is 0 Å². The molecule has 1 aliphatic heterocycles. The first-order valence-corrected chi connectivity index (χ1v) is 14.2. The molecule has 2 N–H and O–H groups in total. The van der Waals surface area contributed by atoms with Crippen LogP contribution in [-0.4, -0.2) is 23.0 Å². The van der Waals surface area contributed by atoms with Crippen molar-refractivity contribution in [2.45, 2.75) is 77.2 Å². The molecule has 0 aromatic heterocycles. The van der Waals surface area contributed by atoms with E-state index in [0.717, 1.165) is 44.3 Å². The minimum atomic E-state index is -0.333. The van der Waals surface area contributed by atoms with Crippen LogP contribution >= 0.6 is 12.6 Å². The normalized spacial score (nSPS) is 16.2. The molecule has 0 saturated heterocycles. The van der Waals surface area contributed by atoms with E-state index in [2.05, 4.69) is 50.9 Å². The number of hydrogen-bond donors (Lipinski definition) is 3. The summed E-state index contributed by atoms with van der Waals surface area (Å²) in [7, 11) is 1.58. The molecule has 1 aliphatic carbocycles. The van der Waals surface area contributed by atoms with E-state index in [-0.39, 0.29) is 23.7 Å². The molecule has 0 unspecified atom stereocenters. The van der Waals surface area contributed by atoms with Gasteiger partial charge in [0.1, 0.15) is 29.7 Å². The Balaban J connectivity index is 0.000000438. The number of phenolic OH excluding ortho intramolecular Hbond substituents is 1. The van der Waals surface area contributed by atoms with Crippen molar-refractivity contribution in [2.24, 2.45) is 0 Å². The van der Waals surface area contributed by atoms with Crippen LogP contribution in [0, 0.1) is 12.7 Å². The van der Waals surface area contributed by atoms with Gasteiger partial charge in [-0.3, -0.25) is 0 Å². The van der Waals surface area contributed by atoms with Gasteiger partial charge in [0.05, 0.1) is 12.6 Å². The molecule has 0 amide bonds. The summed E-state index contributed by atoms with van der Waals surface area (Å²) in [4.78, 5) is 0. The van der Waals surface area contributed by atoms with E-state index in [1.165, 1.54) is 44.2 Å². The summed E-state index contributed by atoms with van der Waals surface area (Å²) in [6.07, 6.45) is 9.16. The molecule has 1 fully saturated rings. The molecular formula is C33H40FNO3S. The minimum Gasteiger partial charge on any atom is -0.508 e. The van der Waals surface area contributed by atoms with Crippen LogP contribution in [0.1, 0.15) is 69.6 Å². The van der Waals surface area contributed by atoms with Crippen LogP contribution in [0.15, 0.2) is 54.6 Å². The number of phenols is 1. The summed E-state index contributed by atoms with van der Waals surface area (Å²) in [5.41, 5.74) is 6.66. The van der Waals surface area contributed by atoms with Crippen molar-refractivity contribution >= 4 is 23.9 Å². The van der Waals surface area contributed by atoms with Crippen LogP contribution in [0.3, 0.4) is 0 Å². The van der Waals surface area contributed by atoms with E-state index in [0.29, 0.717) is 11.5 Å². The highest BCUT2D eigenvalue weighted by Crippen LogP contribution is 2.43. The second-order valence-corrected chi connectivity index (χ2v) is 11.8. The Morgan fingerprint density at radius 2 is 1.69 bits per heavy atom. The van der Waals surface area contributed by atoms with Gasteiger partial charge in [0, 0.05) is 39.8 Å². The van der Waals surface area contributed by atoms with Gasteiger partial charge in [0.25, 0.3) is 0 Å². The van der Waals surface area contributed by atoms with E-state index in [4.69, 9.17) is 9.47 Å². The number of thiol groups is 1. The fraction of sp³-hybridized carbons (Fsp3) is 0.394. The molecule has 39 heavy (non-hydrogen) atoms. The van der Waals surface area contributed by atoms with Crippen LogP contribution in [0.25, 0.3) is 16.7 Å². The zero-order valence-corrected chi connectivity index (χ0v) is 24.5. The van der Waals surface area contributed by atoms with E-state index in [9.17, 15) is 9.50 Å². The lowest BCUT2D eigenvalue weighted by molar-refractivity contribution is 0.302. The predicted octanol–water partition coefficient (Wildman–Crippen LogP) is 8.95. The Bertz CT molecular complexity index is 1350. The lowest BCUT2D eigenvalue weighted by Gasteiger charge is -2.33. The number of aryl methyl sites for hydroxylation is 1. The summed E-state index contributed by atoms with van der Waals surface area (Å²) in [6, 6.07) is 13.7. The monoisotopic (exact) mass is 549 g/mol. The van der Waals surface area contributed by atoms with Crippen LogP contribution in [-0.2, 0) is 6.61 Å². The summed E-state index contributed by atoms with van der Waals surface area (Å²) < 4.78 is 25.5. The third kappa shape index (κ3) is 7.10. The maximum absolute atomic E-state index is 13.8. The zero-order chi connectivity index (χ0) is 28.2. The summed E-state index contributed by atoms with van der Waals surface area (Å²) >= 11 is 4.36. The molecule has 0 radical (unpaired) electrons. The molecule has 0 atom stereocenters. The Kier molecular flexibility index (Phi) is 9.16. The first-order chi connectivity index (χ1) is 18.6. The van der Waals surface area contributed by atoms with Gasteiger partial charge in [0.2, 0.25) is 0 Å². The number of ether oxygens (including phenoxy) is 2. The van der Waals surface area contributed by atoms with Gasteiger partial charge in [-0.15, -0.1) is 0 Å². The summed E-state index contributed by atoms with van der Waals surface area (Å²) in [6.45, 7) is 8.50. The van der Waals surface area contributed by atoms with Crippen molar-refractivity contribution in [1.82, 2.24) is 0 Å². The van der Waals surface area contributed by atoms with Crippen LogP contribution < -0.4 is 14.8 Å². The standard InChI is InChI=1S/C27H28FNO3.C6H12S/c1-16-6-7-18(28)12-24(16)32-15-22-20(21-9-8-19(30)13-25(21)31-5)10-11-23-26(22)17(2)14-27(3,4)29-23;7-6-4-2-1-3-5-6/h6-14,29-30H,15H2,1-5H3;6-7H,1-5H2. The molecular weight excluding hydrogens is 509 g/mol. The molecule has 5 rings (SSSR count). The fourth-order valence-corrected chi connectivity index (χ4v) is 5.83. The maximum Gasteiger partial charge on any atom is 0.130 e. The second-order valence-electron chi connectivity index (χ2n) is 11.1. The Morgan fingerprint density at radius 3 is 2.36 bits per heavy atom. The summed E-state index contributed by atoms with van der Waals surface area (Å²) in [5.74, 6) is 0.882. The molecule has 2 aliphatic rings. The van der Waals surface area contributed by atoms with Crippen LogP contribution in [0.5, 0.6) is 17.2 Å². The van der Waals surface area contributed by atoms with E-state index in [1.807, 2.05) is 19.1 Å². The van der Waals surface area contributed by atoms with Gasteiger partial charge in [-0.1, -0.05) is 37.5 Å². The van der Waals surface area contributed by atoms with Gasteiger partial charge in [-0.05, 0) is 81.5 Å². The fourth-order valence-electron chi connectivity index (χ4n) is 5.46. The number of allylic oxidation sites excluding steroid dienone is 1. The molecule has 3 aromatic rings. The molecule has 0 spiro atoms. The first kappa shape index (κ1) is 28.9.